The number of hydrogen-bond acceptors (Lipinski definition) is 3. The van der Waals surface area contributed by atoms with Crippen LogP contribution in [0.4, 0.5) is 0 Å². The Balaban J connectivity index is 1.63. The summed E-state index contributed by atoms with van der Waals surface area (Å²) >= 11 is 1.76. The summed E-state index contributed by atoms with van der Waals surface area (Å²) in [6.07, 6.45) is 1.47. The topological polar surface area (TPSA) is 57.6 Å². The van der Waals surface area contributed by atoms with Crippen molar-refractivity contribution in [1.82, 2.24) is 4.90 Å². The van der Waals surface area contributed by atoms with E-state index in [9.17, 15) is 14.7 Å². The van der Waals surface area contributed by atoms with E-state index in [1.54, 1.807) is 23.2 Å². The molecule has 1 saturated carbocycles. The van der Waals surface area contributed by atoms with E-state index in [0.29, 0.717) is 25.4 Å². The Hall–Kier alpha value is -1.36. The van der Waals surface area contributed by atoms with Crippen LogP contribution in [0.15, 0.2) is 12.1 Å². The summed E-state index contributed by atoms with van der Waals surface area (Å²) in [6.45, 7) is 4.74. The Morgan fingerprint density at radius 2 is 2.20 bits per heavy atom. The van der Waals surface area contributed by atoms with Gasteiger partial charge in [-0.2, -0.15) is 0 Å². The summed E-state index contributed by atoms with van der Waals surface area (Å²) in [5, 5.41) is 9.22. The van der Waals surface area contributed by atoms with Crippen LogP contribution >= 0.6 is 11.3 Å². The maximum Gasteiger partial charge on any atom is 0.311 e. The van der Waals surface area contributed by atoms with Gasteiger partial charge in [-0.05, 0) is 38.8 Å². The number of thiophene rings is 1. The minimum absolute atomic E-state index is 0.0733. The zero-order valence-electron chi connectivity index (χ0n) is 11.8. The first kappa shape index (κ1) is 13.6. The number of aryl methyl sites for hydroxylation is 1. The highest BCUT2D eigenvalue weighted by Gasteiger charge is 2.50. The normalized spacial score (nSPS) is 32.4. The number of carbonyl (C=O) groups excluding carboxylic acids is 1. The quantitative estimate of drug-likeness (QED) is 0.931. The maximum atomic E-state index is 12.4. The van der Waals surface area contributed by atoms with Gasteiger partial charge in [-0.25, -0.2) is 0 Å². The molecule has 5 heteroatoms. The minimum atomic E-state index is -0.797. The van der Waals surface area contributed by atoms with Crippen molar-refractivity contribution in [3.8, 4) is 0 Å². The fourth-order valence-corrected chi connectivity index (χ4v) is 4.05. The molecule has 1 aromatic rings. The predicted octanol–water partition coefficient (Wildman–Crippen LogP) is 2.48. The predicted molar refractivity (Wildman–Crippen MR) is 76.8 cm³/mol. The van der Waals surface area contributed by atoms with Gasteiger partial charge in [-0.3, -0.25) is 9.59 Å². The smallest absolute Gasteiger partial charge is 0.311 e. The molecular weight excluding hydrogens is 274 g/mol. The van der Waals surface area contributed by atoms with Crippen molar-refractivity contribution in [2.45, 2.75) is 32.6 Å². The van der Waals surface area contributed by atoms with Crippen LogP contribution in [-0.4, -0.2) is 35.0 Å². The van der Waals surface area contributed by atoms with Gasteiger partial charge in [0.2, 0.25) is 5.91 Å². The van der Waals surface area contributed by atoms with Crippen molar-refractivity contribution in [2.24, 2.45) is 11.3 Å². The fourth-order valence-electron chi connectivity index (χ4n) is 2.99. The maximum absolute atomic E-state index is 12.4. The summed E-state index contributed by atoms with van der Waals surface area (Å²) < 4.78 is 0. The lowest BCUT2D eigenvalue weighted by molar-refractivity contribution is -0.147. The van der Waals surface area contributed by atoms with Crippen LogP contribution in [-0.2, 0) is 9.59 Å². The number of carboxylic acids is 1. The van der Waals surface area contributed by atoms with E-state index in [4.69, 9.17) is 0 Å². The van der Waals surface area contributed by atoms with Crippen LogP contribution < -0.4 is 0 Å². The third kappa shape index (κ3) is 2.24. The number of carbonyl (C=O) groups is 2. The molecule has 1 aromatic heterocycles. The van der Waals surface area contributed by atoms with Gasteiger partial charge in [-0.15, -0.1) is 11.3 Å². The first-order valence-electron chi connectivity index (χ1n) is 6.99. The summed E-state index contributed by atoms with van der Waals surface area (Å²) in [5.41, 5.74) is -0.764. The van der Waals surface area contributed by atoms with Gasteiger partial charge in [-0.1, -0.05) is 0 Å². The van der Waals surface area contributed by atoms with Gasteiger partial charge >= 0.3 is 5.97 Å². The molecule has 0 spiro atoms. The van der Waals surface area contributed by atoms with Crippen molar-refractivity contribution in [1.29, 1.82) is 0 Å². The number of likely N-dealkylation sites (tertiary alicyclic amines) is 1. The van der Waals surface area contributed by atoms with Gasteiger partial charge in [0.1, 0.15) is 0 Å². The zero-order valence-corrected chi connectivity index (χ0v) is 12.6. The first-order valence-corrected chi connectivity index (χ1v) is 7.81. The van der Waals surface area contributed by atoms with E-state index in [0.717, 1.165) is 6.42 Å². The number of aliphatic carboxylic acids is 1. The van der Waals surface area contributed by atoms with Crippen molar-refractivity contribution in [2.75, 3.05) is 13.1 Å². The van der Waals surface area contributed by atoms with Gasteiger partial charge in [0, 0.05) is 34.7 Å². The molecule has 4 nitrogen and oxygen atoms in total. The zero-order chi connectivity index (χ0) is 14.5. The third-order valence-electron chi connectivity index (χ3n) is 4.54. The Kier molecular flexibility index (Phi) is 3.12. The Morgan fingerprint density at radius 3 is 2.75 bits per heavy atom. The average molecular weight is 293 g/mol. The Labute approximate surface area is 122 Å². The molecule has 0 bridgehead atoms. The van der Waals surface area contributed by atoms with Gasteiger partial charge < -0.3 is 10.0 Å². The molecule has 1 saturated heterocycles. The molecular formula is C15H19NO3S. The van der Waals surface area contributed by atoms with E-state index < -0.39 is 11.4 Å². The van der Waals surface area contributed by atoms with Crippen LogP contribution in [0.3, 0.4) is 0 Å². The molecule has 1 aliphatic heterocycles. The van der Waals surface area contributed by atoms with Gasteiger partial charge in [0.15, 0.2) is 0 Å². The monoisotopic (exact) mass is 293 g/mol. The van der Waals surface area contributed by atoms with Gasteiger partial charge in [0.25, 0.3) is 0 Å². The molecule has 1 N–H and O–H groups in total. The highest BCUT2D eigenvalue weighted by atomic mass is 32.1. The molecule has 1 amide bonds. The largest absolute Gasteiger partial charge is 0.481 e. The second kappa shape index (κ2) is 4.58. The number of carboxylic acid groups (broad SMARTS) is 1. The summed E-state index contributed by atoms with van der Waals surface area (Å²) in [7, 11) is 0. The SMILES string of the molecule is Cc1ccc(C2CC2C(=O)N2CCC(C)(C(=O)O)C2)s1. The summed E-state index contributed by atoms with van der Waals surface area (Å²) in [4.78, 5) is 28.0. The summed E-state index contributed by atoms with van der Waals surface area (Å²) in [6, 6.07) is 4.21. The van der Waals surface area contributed by atoms with E-state index in [1.807, 2.05) is 0 Å². The highest BCUT2D eigenvalue weighted by molar-refractivity contribution is 7.12. The van der Waals surface area contributed by atoms with Crippen molar-refractivity contribution < 1.29 is 14.7 Å². The summed E-state index contributed by atoms with van der Waals surface area (Å²) in [5.74, 6) is -0.220. The first-order chi connectivity index (χ1) is 9.40. The molecule has 0 radical (unpaired) electrons. The Morgan fingerprint density at radius 1 is 1.45 bits per heavy atom. The number of rotatable bonds is 3. The average Bonchev–Trinajstić information content (AvgIpc) is 2.91. The van der Waals surface area contributed by atoms with E-state index in [2.05, 4.69) is 19.1 Å². The lowest BCUT2D eigenvalue weighted by atomic mass is 9.90. The molecule has 3 atom stereocenters. The molecule has 2 aliphatic rings. The second-order valence-electron chi connectivity index (χ2n) is 6.27. The standard InChI is InChI=1S/C15H19NO3S/c1-9-3-4-12(20-9)10-7-11(10)13(17)16-6-5-15(2,8-16)14(18)19/h3-4,10-11H,5-8H2,1-2H3,(H,18,19). The fraction of sp³-hybridized carbons (Fsp3) is 0.600. The van der Waals surface area contributed by atoms with Gasteiger partial charge in [0.05, 0.1) is 5.41 Å². The lowest BCUT2D eigenvalue weighted by Crippen LogP contribution is -2.35. The van der Waals surface area contributed by atoms with E-state index in [1.165, 1.54) is 9.75 Å². The number of hydrogen-bond donors (Lipinski definition) is 1. The van der Waals surface area contributed by atoms with Crippen LogP contribution in [0.2, 0.25) is 0 Å². The second-order valence-corrected chi connectivity index (χ2v) is 7.59. The van der Waals surface area contributed by atoms with Crippen LogP contribution in [0.5, 0.6) is 0 Å². The molecule has 3 rings (SSSR count). The molecule has 1 aliphatic carbocycles. The third-order valence-corrected chi connectivity index (χ3v) is 5.67. The van der Waals surface area contributed by atoms with Crippen molar-refractivity contribution in [3.05, 3.63) is 21.9 Å². The lowest BCUT2D eigenvalue weighted by Gasteiger charge is -2.20. The van der Waals surface area contributed by atoms with Crippen LogP contribution in [0.25, 0.3) is 0 Å². The molecule has 2 fully saturated rings. The van der Waals surface area contributed by atoms with E-state index in [-0.39, 0.29) is 11.8 Å². The molecule has 108 valence electrons. The van der Waals surface area contributed by atoms with Crippen LogP contribution in [0.1, 0.15) is 35.4 Å². The molecule has 2 heterocycles. The minimum Gasteiger partial charge on any atom is -0.481 e. The number of amides is 1. The molecule has 3 unspecified atom stereocenters. The number of nitrogens with zero attached hydrogens (tertiary/aromatic N) is 1. The van der Waals surface area contributed by atoms with Crippen LogP contribution in [0, 0.1) is 18.3 Å². The van der Waals surface area contributed by atoms with Crippen molar-refractivity contribution in [3.63, 3.8) is 0 Å². The Bertz CT molecular complexity index is 567. The van der Waals surface area contributed by atoms with E-state index >= 15 is 0 Å². The van der Waals surface area contributed by atoms with Crippen molar-refractivity contribution >= 4 is 23.2 Å². The molecule has 20 heavy (non-hydrogen) atoms. The molecule has 0 aromatic carbocycles. The highest BCUT2D eigenvalue weighted by Crippen LogP contribution is 2.51.